The molecule has 3 fully saturated rings. The van der Waals surface area contributed by atoms with Gasteiger partial charge in [-0.25, -0.2) is 0 Å². The van der Waals surface area contributed by atoms with Gasteiger partial charge >= 0.3 is 0 Å². The molecule has 134 valence electrons. The van der Waals surface area contributed by atoms with Crippen molar-refractivity contribution in [3.63, 3.8) is 0 Å². The zero-order valence-electron chi connectivity index (χ0n) is 14.7. The minimum atomic E-state index is -0.333. The highest BCUT2D eigenvalue weighted by Crippen LogP contribution is 2.41. The van der Waals surface area contributed by atoms with Gasteiger partial charge in [-0.3, -0.25) is 19.6 Å². The Morgan fingerprint density at radius 2 is 2.08 bits per heavy atom. The van der Waals surface area contributed by atoms with Gasteiger partial charge in [0.1, 0.15) is 0 Å². The Morgan fingerprint density at radius 3 is 2.80 bits per heavy atom. The van der Waals surface area contributed by atoms with E-state index in [9.17, 15) is 9.59 Å². The molecule has 3 aliphatic rings. The molecule has 0 N–H and O–H groups in total. The van der Waals surface area contributed by atoms with Crippen LogP contribution in [-0.4, -0.2) is 57.8 Å². The number of aromatic nitrogens is 2. The first-order chi connectivity index (χ1) is 12.2. The summed E-state index contributed by atoms with van der Waals surface area (Å²) in [5.74, 6) is 1.05. The van der Waals surface area contributed by atoms with E-state index < -0.39 is 0 Å². The van der Waals surface area contributed by atoms with Crippen LogP contribution >= 0.6 is 0 Å². The number of hydrogen-bond donors (Lipinski definition) is 0. The average molecular weight is 342 g/mol. The Balaban J connectivity index is 1.39. The summed E-state index contributed by atoms with van der Waals surface area (Å²) in [5.41, 5.74) is 0.357. The molecule has 0 radical (unpaired) electrons. The lowest BCUT2D eigenvalue weighted by Crippen LogP contribution is -2.52. The van der Waals surface area contributed by atoms with E-state index in [1.54, 1.807) is 18.6 Å². The predicted octanol–water partition coefficient (Wildman–Crippen LogP) is 1.66. The fourth-order valence-electron chi connectivity index (χ4n) is 4.47. The van der Waals surface area contributed by atoms with Crippen LogP contribution in [-0.2, 0) is 16.0 Å². The van der Waals surface area contributed by atoms with Gasteiger partial charge in [-0.15, -0.1) is 0 Å². The number of carbonyl (C=O) groups excluding carboxylic acids is 2. The first kappa shape index (κ1) is 16.5. The number of piperidine rings is 1. The second-order valence-corrected chi connectivity index (χ2v) is 7.87. The fourth-order valence-corrected chi connectivity index (χ4v) is 4.47. The van der Waals surface area contributed by atoms with E-state index in [1.807, 2.05) is 4.90 Å². The highest BCUT2D eigenvalue weighted by atomic mass is 16.2. The van der Waals surface area contributed by atoms with Crippen LogP contribution in [0.5, 0.6) is 0 Å². The zero-order chi connectivity index (χ0) is 17.3. The highest BCUT2D eigenvalue weighted by Gasteiger charge is 2.49. The number of likely N-dealkylation sites (tertiary alicyclic amines) is 2. The molecule has 1 aromatic heterocycles. The molecule has 1 aromatic rings. The SMILES string of the molecule is O=C(Cc1cnccn1)N1CC[C@@]2(CCCN(CC3CCC3)C2=O)C1. The zero-order valence-corrected chi connectivity index (χ0v) is 14.7. The molecule has 0 unspecified atom stereocenters. The minimum absolute atomic E-state index is 0.0568. The van der Waals surface area contributed by atoms with Crippen LogP contribution in [0.3, 0.4) is 0 Å². The maximum absolute atomic E-state index is 13.1. The summed E-state index contributed by atoms with van der Waals surface area (Å²) in [4.78, 5) is 37.9. The Labute approximate surface area is 148 Å². The summed E-state index contributed by atoms with van der Waals surface area (Å²) < 4.78 is 0. The monoisotopic (exact) mass is 342 g/mol. The lowest BCUT2D eigenvalue weighted by atomic mass is 9.77. The smallest absolute Gasteiger partial charge is 0.230 e. The lowest BCUT2D eigenvalue weighted by Gasteiger charge is -2.42. The molecule has 2 saturated heterocycles. The largest absolute Gasteiger partial charge is 0.342 e. The van der Waals surface area contributed by atoms with Gasteiger partial charge in [0, 0.05) is 44.8 Å². The maximum atomic E-state index is 13.1. The molecule has 2 aliphatic heterocycles. The third kappa shape index (κ3) is 3.26. The normalized spacial score (nSPS) is 27.0. The molecule has 3 heterocycles. The van der Waals surface area contributed by atoms with Gasteiger partial charge < -0.3 is 9.80 Å². The van der Waals surface area contributed by atoms with Gasteiger partial charge in [0.2, 0.25) is 11.8 Å². The fraction of sp³-hybridized carbons (Fsp3) is 0.684. The van der Waals surface area contributed by atoms with E-state index in [1.165, 1.54) is 19.3 Å². The average Bonchev–Trinajstić information content (AvgIpc) is 3.01. The van der Waals surface area contributed by atoms with E-state index in [-0.39, 0.29) is 17.7 Å². The molecule has 4 rings (SSSR count). The van der Waals surface area contributed by atoms with Crippen molar-refractivity contribution in [2.75, 3.05) is 26.2 Å². The third-order valence-corrected chi connectivity index (χ3v) is 6.18. The van der Waals surface area contributed by atoms with Gasteiger partial charge in [-0.2, -0.15) is 0 Å². The molecular formula is C19H26N4O2. The van der Waals surface area contributed by atoms with Gasteiger partial charge in [0.05, 0.1) is 17.5 Å². The minimum Gasteiger partial charge on any atom is -0.342 e. The van der Waals surface area contributed by atoms with E-state index in [4.69, 9.17) is 0 Å². The molecule has 1 atom stereocenters. The van der Waals surface area contributed by atoms with Crippen LogP contribution < -0.4 is 0 Å². The Bertz CT molecular complexity index is 646. The van der Waals surface area contributed by atoms with Crippen LogP contribution in [0.4, 0.5) is 0 Å². The van der Waals surface area contributed by atoms with E-state index in [0.717, 1.165) is 32.4 Å². The van der Waals surface area contributed by atoms with Crippen molar-refractivity contribution in [2.45, 2.75) is 44.9 Å². The Morgan fingerprint density at radius 1 is 1.20 bits per heavy atom. The molecule has 1 aliphatic carbocycles. The standard InChI is InChI=1S/C19H26N4O2/c24-17(11-16-12-20-7-8-21-16)23-10-6-19(14-23)5-2-9-22(18(19)25)13-15-3-1-4-15/h7-8,12,15H,1-6,9-11,13-14H2/t19-/m0/s1. The molecule has 6 nitrogen and oxygen atoms in total. The summed E-state index contributed by atoms with van der Waals surface area (Å²) in [5, 5.41) is 0. The molecular weight excluding hydrogens is 316 g/mol. The second kappa shape index (κ2) is 6.73. The van der Waals surface area contributed by atoms with Crippen LogP contribution in [0.15, 0.2) is 18.6 Å². The summed E-state index contributed by atoms with van der Waals surface area (Å²) in [6, 6.07) is 0. The predicted molar refractivity (Wildman–Crippen MR) is 92.5 cm³/mol. The quantitative estimate of drug-likeness (QED) is 0.835. The number of amides is 2. The number of rotatable bonds is 4. The van der Waals surface area contributed by atoms with Crippen molar-refractivity contribution in [1.29, 1.82) is 0 Å². The molecule has 25 heavy (non-hydrogen) atoms. The number of nitrogens with zero attached hydrogens (tertiary/aromatic N) is 4. The molecule has 1 saturated carbocycles. The van der Waals surface area contributed by atoms with Crippen molar-refractivity contribution in [3.8, 4) is 0 Å². The van der Waals surface area contributed by atoms with Crippen LogP contribution in [0.2, 0.25) is 0 Å². The summed E-state index contributed by atoms with van der Waals surface area (Å²) in [7, 11) is 0. The van der Waals surface area contributed by atoms with E-state index >= 15 is 0 Å². The van der Waals surface area contributed by atoms with Gasteiger partial charge in [-0.1, -0.05) is 6.42 Å². The number of hydrogen-bond acceptors (Lipinski definition) is 4. The first-order valence-electron chi connectivity index (χ1n) is 9.48. The summed E-state index contributed by atoms with van der Waals surface area (Å²) in [6.45, 7) is 3.08. The van der Waals surface area contributed by atoms with E-state index in [0.29, 0.717) is 30.6 Å². The van der Waals surface area contributed by atoms with Gasteiger partial charge in [0.15, 0.2) is 0 Å². The van der Waals surface area contributed by atoms with Crippen molar-refractivity contribution in [1.82, 2.24) is 19.8 Å². The van der Waals surface area contributed by atoms with E-state index in [2.05, 4.69) is 14.9 Å². The highest BCUT2D eigenvalue weighted by molar-refractivity contribution is 5.86. The number of carbonyl (C=O) groups is 2. The van der Waals surface area contributed by atoms with Crippen LogP contribution in [0, 0.1) is 11.3 Å². The van der Waals surface area contributed by atoms with Crippen molar-refractivity contribution in [2.24, 2.45) is 11.3 Å². The second-order valence-electron chi connectivity index (χ2n) is 7.87. The first-order valence-corrected chi connectivity index (χ1v) is 9.48. The molecule has 2 amide bonds. The maximum Gasteiger partial charge on any atom is 0.230 e. The summed E-state index contributed by atoms with van der Waals surface area (Å²) in [6.07, 6.45) is 11.7. The van der Waals surface area contributed by atoms with Gasteiger partial charge in [-0.05, 0) is 38.0 Å². The third-order valence-electron chi connectivity index (χ3n) is 6.18. The molecule has 0 aromatic carbocycles. The molecule has 1 spiro atoms. The van der Waals surface area contributed by atoms with Crippen molar-refractivity contribution >= 4 is 11.8 Å². The van der Waals surface area contributed by atoms with Crippen molar-refractivity contribution < 1.29 is 9.59 Å². The Hall–Kier alpha value is -1.98. The summed E-state index contributed by atoms with van der Waals surface area (Å²) >= 11 is 0. The van der Waals surface area contributed by atoms with Crippen molar-refractivity contribution in [3.05, 3.63) is 24.3 Å². The molecule has 6 heteroatoms. The van der Waals surface area contributed by atoms with Gasteiger partial charge in [0.25, 0.3) is 0 Å². The van der Waals surface area contributed by atoms with Crippen LogP contribution in [0.1, 0.15) is 44.2 Å². The molecule has 0 bridgehead atoms. The lowest BCUT2D eigenvalue weighted by molar-refractivity contribution is -0.147. The Kier molecular flexibility index (Phi) is 4.44. The van der Waals surface area contributed by atoms with Crippen LogP contribution in [0.25, 0.3) is 0 Å². The topological polar surface area (TPSA) is 66.4 Å².